The first-order chi connectivity index (χ1) is 13.7. The van der Waals surface area contributed by atoms with Gasteiger partial charge in [-0.1, -0.05) is 0 Å². The fourth-order valence-corrected chi connectivity index (χ4v) is 3.79. The first-order valence-corrected chi connectivity index (χ1v) is 9.80. The third-order valence-electron chi connectivity index (χ3n) is 5.22. The second kappa shape index (κ2) is 9.68. The van der Waals surface area contributed by atoms with Crippen LogP contribution in [0.1, 0.15) is 25.0 Å². The average molecular weight is 517 g/mol. The van der Waals surface area contributed by atoms with Crippen molar-refractivity contribution < 1.29 is 8.78 Å². The van der Waals surface area contributed by atoms with E-state index in [1.54, 1.807) is 0 Å². The predicted molar refractivity (Wildman–Crippen MR) is 119 cm³/mol. The number of aryl methyl sites for hydroxylation is 1. The highest BCUT2D eigenvalue weighted by Gasteiger charge is 2.23. The molecule has 0 spiro atoms. The first kappa shape index (κ1) is 21.7. The van der Waals surface area contributed by atoms with Gasteiger partial charge in [0.25, 0.3) is 0 Å². The fourth-order valence-electron chi connectivity index (χ4n) is 3.79. The molecule has 0 unspecified atom stereocenters. The summed E-state index contributed by atoms with van der Waals surface area (Å²) in [7, 11) is 0. The molecule has 1 aromatic carbocycles. The van der Waals surface area contributed by atoms with Crippen molar-refractivity contribution in [3.8, 4) is 0 Å². The second-order valence-corrected chi connectivity index (χ2v) is 7.03. The molecule has 0 radical (unpaired) electrons. The van der Waals surface area contributed by atoms with Crippen LogP contribution in [0, 0.1) is 11.6 Å². The normalized spacial score (nSPS) is 16.6. The van der Waals surface area contributed by atoms with E-state index in [1.807, 2.05) is 11.8 Å². The highest BCUT2D eigenvalue weighted by atomic mass is 127. The Balaban J connectivity index is 0.00000240. The molecule has 1 N–H and O–H groups in total. The van der Waals surface area contributed by atoms with E-state index in [0.29, 0.717) is 38.4 Å². The number of aliphatic imine (C=N–C) groups is 1. The number of guanidine groups is 1. The number of nitrogens with zero attached hydrogens (tertiary/aromatic N) is 6. The van der Waals surface area contributed by atoms with Gasteiger partial charge in [-0.15, -0.1) is 34.2 Å². The van der Waals surface area contributed by atoms with Gasteiger partial charge in [-0.25, -0.2) is 13.8 Å². The fraction of sp³-hybridized carbons (Fsp3) is 0.526. The molecule has 0 amide bonds. The largest absolute Gasteiger partial charge is 0.366 e. The Morgan fingerprint density at radius 2 is 1.93 bits per heavy atom. The zero-order valence-corrected chi connectivity index (χ0v) is 18.8. The van der Waals surface area contributed by atoms with E-state index in [-0.39, 0.29) is 24.0 Å². The highest BCUT2D eigenvalue weighted by Crippen LogP contribution is 2.22. The lowest BCUT2D eigenvalue weighted by molar-refractivity contribution is 0.370. The molecule has 29 heavy (non-hydrogen) atoms. The Bertz CT molecular complexity index is 862. The number of fused-ring (bicyclic) bond motifs is 1. The van der Waals surface area contributed by atoms with Crippen LogP contribution in [-0.4, -0.2) is 58.3 Å². The van der Waals surface area contributed by atoms with Crippen LogP contribution in [0.5, 0.6) is 0 Å². The summed E-state index contributed by atoms with van der Waals surface area (Å²) in [5.74, 6) is 1.94. The highest BCUT2D eigenvalue weighted by molar-refractivity contribution is 14.0. The van der Waals surface area contributed by atoms with E-state index in [4.69, 9.17) is 4.99 Å². The SMILES string of the molecule is CCNC(=NCc1nnc2n1CCC2)N1CCN(c2cc(F)ccc2F)CC1.I. The third-order valence-corrected chi connectivity index (χ3v) is 5.22. The van der Waals surface area contributed by atoms with Crippen molar-refractivity contribution in [1.29, 1.82) is 0 Å². The van der Waals surface area contributed by atoms with Gasteiger partial charge in [-0.3, -0.25) is 0 Å². The molecule has 0 aliphatic carbocycles. The van der Waals surface area contributed by atoms with E-state index in [2.05, 4.69) is 25.0 Å². The van der Waals surface area contributed by atoms with Gasteiger partial charge >= 0.3 is 0 Å². The molecule has 10 heteroatoms. The van der Waals surface area contributed by atoms with Gasteiger partial charge in [0, 0.05) is 51.8 Å². The molecule has 7 nitrogen and oxygen atoms in total. The lowest BCUT2D eigenvalue weighted by Crippen LogP contribution is -2.52. The van der Waals surface area contributed by atoms with Crippen molar-refractivity contribution in [3.05, 3.63) is 41.5 Å². The molecule has 1 fully saturated rings. The minimum atomic E-state index is -0.422. The minimum Gasteiger partial charge on any atom is -0.366 e. The monoisotopic (exact) mass is 517 g/mol. The summed E-state index contributed by atoms with van der Waals surface area (Å²) < 4.78 is 29.7. The molecule has 1 saturated heterocycles. The van der Waals surface area contributed by atoms with Crippen LogP contribution in [0.25, 0.3) is 0 Å². The van der Waals surface area contributed by atoms with Crippen molar-refractivity contribution in [1.82, 2.24) is 25.0 Å². The summed E-state index contributed by atoms with van der Waals surface area (Å²) in [6, 6.07) is 3.59. The molecular formula is C19H26F2IN7. The van der Waals surface area contributed by atoms with Crippen LogP contribution >= 0.6 is 24.0 Å². The summed E-state index contributed by atoms with van der Waals surface area (Å²) in [6.07, 6.45) is 2.09. The molecule has 4 rings (SSSR count). The van der Waals surface area contributed by atoms with Crippen molar-refractivity contribution in [3.63, 3.8) is 0 Å². The van der Waals surface area contributed by atoms with Gasteiger partial charge in [0.2, 0.25) is 0 Å². The van der Waals surface area contributed by atoms with E-state index in [0.717, 1.165) is 49.6 Å². The maximum atomic E-state index is 14.0. The molecule has 2 aromatic rings. The zero-order valence-electron chi connectivity index (χ0n) is 16.4. The van der Waals surface area contributed by atoms with E-state index < -0.39 is 11.6 Å². The van der Waals surface area contributed by atoms with Crippen LogP contribution in [0.4, 0.5) is 14.5 Å². The van der Waals surface area contributed by atoms with E-state index in [1.165, 1.54) is 12.1 Å². The van der Waals surface area contributed by atoms with Crippen LogP contribution < -0.4 is 10.2 Å². The van der Waals surface area contributed by atoms with Gasteiger partial charge in [0.15, 0.2) is 11.8 Å². The number of rotatable bonds is 4. The smallest absolute Gasteiger partial charge is 0.194 e. The van der Waals surface area contributed by atoms with E-state index in [9.17, 15) is 8.78 Å². The number of piperazine rings is 1. The van der Waals surface area contributed by atoms with Crippen molar-refractivity contribution in [2.45, 2.75) is 32.9 Å². The summed E-state index contributed by atoms with van der Waals surface area (Å²) in [6.45, 7) is 6.80. The second-order valence-electron chi connectivity index (χ2n) is 7.03. The molecule has 0 bridgehead atoms. The maximum absolute atomic E-state index is 14.0. The van der Waals surface area contributed by atoms with Crippen LogP contribution in [0.3, 0.4) is 0 Å². The third kappa shape index (κ3) is 4.78. The molecule has 2 aliphatic rings. The quantitative estimate of drug-likeness (QED) is 0.384. The first-order valence-electron chi connectivity index (χ1n) is 9.80. The standard InChI is InChI=1S/C19H25F2N7.HI/c1-2-22-19(23-13-18-25-24-17-4-3-7-28(17)18)27-10-8-26(9-11-27)16-12-14(20)5-6-15(16)21;/h5-6,12H,2-4,7-11,13H2,1H3,(H,22,23);1H. The Hall–Kier alpha value is -1.98. The van der Waals surface area contributed by atoms with Gasteiger partial charge in [-0.05, 0) is 25.5 Å². The molecule has 158 valence electrons. The van der Waals surface area contributed by atoms with Crippen molar-refractivity contribution >= 4 is 35.6 Å². The summed E-state index contributed by atoms with van der Waals surface area (Å²) in [5, 5.41) is 11.8. The summed E-state index contributed by atoms with van der Waals surface area (Å²) >= 11 is 0. The van der Waals surface area contributed by atoms with Crippen molar-refractivity contribution in [2.75, 3.05) is 37.6 Å². The molecule has 0 atom stereocenters. The predicted octanol–water partition coefficient (Wildman–Crippen LogP) is 2.41. The molecular weight excluding hydrogens is 491 g/mol. The maximum Gasteiger partial charge on any atom is 0.194 e. The molecule has 3 heterocycles. The van der Waals surface area contributed by atoms with Gasteiger partial charge in [0.1, 0.15) is 24.0 Å². The number of hydrogen-bond acceptors (Lipinski definition) is 4. The van der Waals surface area contributed by atoms with Crippen LogP contribution in [0.15, 0.2) is 23.2 Å². The van der Waals surface area contributed by atoms with E-state index >= 15 is 0 Å². The van der Waals surface area contributed by atoms with Gasteiger partial charge < -0.3 is 19.7 Å². The number of hydrogen-bond donors (Lipinski definition) is 1. The summed E-state index contributed by atoms with van der Waals surface area (Å²) in [5.41, 5.74) is 0.320. The van der Waals surface area contributed by atoms with Gasteiger partial charge in [0.05, 0.1) is 5.69 Å². The number of aromatic nitrogens is 3. The van der Waals surface area contributed by atoms with Gasteiger partial charge in [-0.2, -0.15) is 0 Å². The Kier molecular flexibility index (Phi) is 7.25. The zero-order chi connectivity index (χ0) is 19.5. The number of halogens is 3. The summed E-state index contributed by atoms with van der Waals surface area (Å²) in [4.78, 5) is 8.77. The molecule has 1 aromatic heterocycles. The topological polar surface area (TPSA) is 61.6 Å². The Labute approximate surface area is 186 Å². The lowest BCUT2D eigenvalue weighted by Gasteiger charge is -2.37. The number of benzene rings is 1. The Morgan fingerprint density at radius 3 is 2.69 bits per heavy atom. The average Bonchev–Trinajstić information content (AvgIpc) is 3.32. The lowest BCUT2D eigenvalue weighted by atomic mass is 10.2. The number of anilines is 1. The Morgan fingerprint density at radius 1 is 1.14 bits per heavy atom. The van der Waals surface area contributed by atoms with Crippen LogP contribution in [0.2, 0.25) is 0 Å². The van der Waals surface area contributed by atoms with Crippen molar-refractivity contribution in [2.24, 2.45) is 4.99 Å². The minimum absolute atomic E-state index is 0. The molecule has 0 saturated carbocycles. The van der Waals surface area contributed by atoms with Crippen LogP contribution in [-0.2, 0) is 19.5 Å². The number of nitrogens with one attached hydrogen (secondary N) is 1. The molecule has 2 aliphatic heterocycles.